The Balaban J connectivity index is 2.33. The zero-order valence-corrected chi connectivity index (χ0v) is 7.43. The standard InChI is InChI=1S/C7H13BrO/c1-4(2)6-5(3-9)7(6)8/h4-7,9H,3H2,1-2H3/t5-,6-,7+/m1/s1. The van der Waals surface area contributed by atoms with Crippen LogP contribution in [0.15, 0.2) is 0 Å². The summed E-state index contributed by atoms with van der Waals surface area (Å²) in [5.41, 5.74) is 0. The monoisotopic (exact) mass is 192 g/mol. The molecule has 1 fully saturated rings. The van der Waals surface area contributed by atoms with E-state index in [2.05, 4.69) is 29.8 Å². The van der Waals surface area contributed by atoms with Gasteiger partial charge in [0, 0.05) is 11.4 Å². The third-order valence-corrected chi connectivity index (χ3v) is 3.40. The van der Waals surface area contributed by atoms with Crippen molar-refractivity contribution in [2.45, 2.75) is 18.7 Å². The van der Waals surface area contributed by atoms with E-state index in [9.17, 15) is 0 Å². The molecule has 54 valence electrons. The minimum absolute atomic E-state index is 0.346. The number of alkyl halides is 1. The Kier molecular flexibility index (Phi) is 2.17. The molecule has 1 rings (SSSR count). The van der Waals surface area contributed by atoms with Crippen LogP contribution in [0.3, 0.4) is 0 Å². The van der Waals surface area contributed by atoms with Crippen molar-refractivity contribution in [3.8, 4) is 0 Å². The second-order valence-corrected chi connectivity index (χ2v) is 4.17. The maximum atomic E-state index is 8.77. The van der Waals surface area contributed by atoms with Gasteiger partial charge in [-0.2, -0.15) is 0 Å². The molecular formula is C7H13BrO. The van der Waals surface area contributed by atoms with Crippen LogP contribution in [-0.4, -0.2) is 16.5 Å². The van der Waals surface area contributed by atoms with E-state index in [1.807, 2.05) is 0 Å². The first-order valence-electron chi connectivity index (χ1n) is 3.43. The van der Waals surface area contributed by atoms with Crippen molar-refractivity contribution in [1.82, 2.24) is 0 Å². The largest absolute Gasteiger partial charge is 0.396 e. The molecule has 9 heavy (non-hydrogen) atoms. The lowest BCUT2D eigenvalue weighted by molar-refractivity contribution is 0.262. The number of hydrogen-bond acceptors (Lipinski definition) is 1. The number of hydrogen-bond donors (Lipinski definition) is 1. The highest BCUT2D eigenvalue weighted by Gasteiger charge is 2.49. The van der Waals surface area contributed by atoms with Crippen LogP contribution in [0.2, 0.25) is 0 Å². The quantitative estimate of drug-likeness (QED) is 0.661. The van der Waals surface area contributed by atoms with Gasteiger partial charge in [0.15, 0.2) is 0 Å². The first-order chi connectivity index (χ1) is 4.18. The van der Waals surface area contributed by atoms with Crippen LogP contribution in [0.4, 0.5) is 0 Å². The van der Waals surface area contributed by atoms with Crippen molar-refractivity contribution in [2.24, 2.45) is 17.8 Å². The Bertz CT molecular complexity index is 103. The summed E-state index contributed by atoms with van der Waals surface area (Å²) in [5.74, 6) is 1.96. The second kappa shape index (κ2) is 2.59. The maximum absolute atomic E-state index is 8.77. The summed E-state index contributed by atoms with van der Waals surface area (Å²) < 4.78 is 0. The Hall–Kier alpha value is 0.440. The Morgan fingerprint density at radius 2 is 2.11 bits per heavy atom. The molecule has 1 N–H and O–H groups in total. The molecule has 0 aromatic rings. The van der Waals surface area contributed by atoms with E-state index in [1.165, 1.54) is 0 Å². The first kappa shape index (κ1) is 7.55. The lowest BCUT2D eigenvalue weighted by atomic mass is 10.1. The van der Waals surface area contributed by atoms with Gasteiger partial charge < -0.3 is 5.11 Å². The van der Waals surface area contributed by atoms with Gasteiger partial charge in [0.1, 0.15) is 0 Å². The molecule has 0 aromatic heterocycles. The van der Waals surface area contributed by atoms with E-state index >= 15 is 0 Å². The van der Waals surface area contributed by atoms with E-state index in [0.29, 0.717) is 23.3 Å². The fourth-order valence-electron chi connectivity index (χ4n) is 1.44. The Morgan fingerprint density at radius 3 is 2.22 bits per heavy atom. The SMILES string of the molecule is CC(C)[C@H]1[C@@H](Br)[C@@H]1CO. The molecule has 0 saturated heterocycles. The third-order valence-electron chi connectivity index (χ3n) is 2.11. The van der Waals surface area contributed by atoms with Crippen LogP contribution in [-0.2, 0) is 0 Å². The fraction of sp³-hybridized carbons (Fsp3) is 1.00. The van der Waals surface area contributed by atoms with Crippen molar-refractivity contribution in [2.75, 3.05) is 6.61 Å². The summed E-state index contributed by atoms with van der Waals surface area (Å²) in [5, 5.41) is 8.77. The summed E-state index contributed by atoms with van der Waals surface area (Å²) >= 11 is 3.52. The zero-order chi connectivity index (χ0) is 7.02. The number of aliphatic hydroxyl groups is 1. The second-order valence-electron chi connectivity index (χ2n) is 3.11. The molecule has 0 amide bonds. The summed E-state index contributed by atoms with van der Waals surface area (Å²) in [7, 11) is 0. The van der Waals surface area contributed by atoms with Gasteiger partial charge >= 0.3 is 0 Å². The molecule has 0 radical (unpaired) electrons. The topological polar surface area (TPSA) is 20.2 Å². The van der Waals surface area contributed by atoms with Crippen molar-refractivity contribution in [1.29, 1.82) is 0 Å². The molecule has 0 aliphatic heterocycles. The van der Waals surface area contributed by atoms with Crippen molar-refractivity contribution in [3.63, 3.8) is 0 Å². The predicted octanol–water partition coefficient (Wildman–Crippen LogP) is 1.64. The average Bonchev–Trinajstić information content (AvgIpc) is 2.40. The van der Waals surface area contributed by atoms with Crippen molar-refractivity contribution >= 4 is 15.9 Å². The molecule has 0 bridgehead atoms. The van der Waals surface area contributed by atoms with E-state index < -0.39 is 0 Å². The minimum atomic E-state index is 0.346. The molecule has 2 heteroatoms. The lowest BCUT2D eigenvalue weighted by Crippen LogP contribution is -1.95. The molecule has 1 aliphatic carbocycles. The van der Waals surface area contributed by atoms with Crippen LogP contribution in [0.1, 0.15) is 13.8 Å². The predicted molar refractivity (Wildman–Crippen MR) is 41.6 cm³/mol. The molecule has 0 unspecified atom stereocenters. The number of aliphatic hydroxyl groups excluding tert-OH is 1. The summed E-state index contributed by atoms with van der Waals surface area (Å²) in [6, 6.07) is 0. The van der Waals surface area contributed by atoms with Gasteiger partial charge in [-0.1, -0.05) is 29.8 Å². The number of halogens is 1. The molecule has 1 saturated carbocycles. The highest BCUT2D eigenvalue weighted by atomic mass is 79.9. The Morgan fingerprint density at radius 1 is 1.56 bits per heavy atom. The number of rotatable bonds is 2. The summed E-state index contributed by atoms with van der Waals surface area (Å²) in [6.45, 7) is 4.75. The average molecular weight is 193 g/mol. The molecule has 3 atom stereocenters. The zero-order valence-electron chi connectivity index (χ0n) is 5.84. The summed E-state index contributed by atoms with van der Waals surface area (Å²) in [6.07, 6.45) is 0. The minimum Gasteiger partial charge on any atom is -0.396 e. The van der Waals surface area contributed by atoms with Crippen LogP contribution >= 0.6 is 15.9 Å². The molecular weight excluding hydrogens is 180 g/mol. The molecule has 0 heterocycles. The fourth-order valence-corrected chi connectivity index (χ4v) is 2.79. The molecule has 1 nitrogen and oxygen atoms in total. The molecule has 0 aromatic carbocycles. The first-order valence-corrected chi connectivity index (χ1v) is 4.35. The van der Waals surface area contributed by atoms with Crippen LogP contribution in [0, 0.1) is 17.8 Å². The van der Waals surface area contributed by atoms with E-state index in [0.717, 1.165) is 5.92 Å². The highest BCUT2D eigenvalue weighted by Crippen LogP contribution is 2.49. The van der Waals surface area contributed by atoms with Crippen molar-refractivity contribution in [3.05, 3.63) is 0 Å². The smallest absolute Gasteiger partial charge is 0.0473 e. The van der Waals surface area contributed by atoms with E-state index in [-0.39, 0.29) is 0 Å². The van der Waals surface area contributed by atoms with Crippen LogP contribution in [0.25, 0.3) is 0 Å². The molecule has 1 aliphatic rings. The van der Waals surface area contributed by atoms with Gasteiger partial charge in [-0.15, -0.1) is 0 Å². The molecule has 0 spiro atoms. The van der Waals surface area contributed by atoms with E-state index in [4.69, 9.17) is 5.11 Å². The van der Waals surface area contributed by atoms with Gasteiger partial charge in [0.25, 0.3) is 0 Å². The van der Waals surface area contributed by atoms with Gasteiger partial charge in [0.2, 0.25) is 0 Å². The van der Waals surface area contributed by atoms with Gasteiger partial charge in [-0.3, -0.25) is 0 Å². The van der Waals surface area contributed by atoms with Crippen LogP contribution < -0.4 is 0 Å². The third kappa shape index (κ3) is 1.30. The van der Waals surface area contributed by atoms with Gasteiger partial charge in [-0.25, -0.2) is 0 Å². The maximum Gasteiger partial charge on any atom is 0.0473 e. The van der Waals surface area contributed by atoms with Gasteiger partial charge in [-0.05, 0) is 17.8 Å². The lowest BCUT2D eigenvalue weighted by Gasteiger charge is -1.98. The van der Waals surface area contributed by atoms with Crippen molar-refractivity contribution < 1.29 is 5.11 Å². The normalized spacial score (nSPS) is 41.7. The van der Waals surface area contributed by atoms with Crippen LogP contribution in [0.5, 0.6) is 0 Å². The Labute approximate surface area is 64.6 Å². The van der Waals surface area contributed by atoms with E-state index in [1.54, 1.807) is 0 Å². The van der Waals surface area contributed by atoms with Gasteiger partial charge in [0.05, 0.1) is 0 Å². The highest BCUT2D eigenvalue weighted by molar-refractivity contribution is 9.09. The summed E-state index contributed by atoms with van der Waals surface area (Å²) in [4.78, 5) is 0.586.